The number of thioether (sulfide) groups is 1. The van der Waals surface area contributed by atoms with Gasteiger partial charge in [-0.05, 0) is 5.56 Å². The van der Waals surface area contributed by atoms with Crippen molar-refractivity contribution in [3.8, 4) is 0 Å². The first-order valence-electron chi connectivity index (χ1n) is 11.5. The fourth-order valence-electron chi connectivity index (χ4n) is 3.91. The first-order chi connectivity index (χ1) is 17.8. The molecular weight excluding hydrogens is 500 g/mol. The van der Waals surface area contributed by atoms with Crippen LogP contribution in [-0.2, 0) is 33.3 Å². The van der Waals surface area contributed by atoms with E-state index in [1.165, 1.54) is 43.5 Å². The number of hydrogen-bond donors (Lipinski definition) is 0. The minimum atomic E-state index is -1.05. The fourth-order valence-corrected chi connectivity index (χ4v) is 4.68. The Labute approximate surface area is 217 Å². The molecule has 0 aliphatic carbocycles. The first kappa shape index (κ1) is 26.3. The lowest BCUT2D eigenvalue weighted by molar-refractivity contribution is -0.166. The van der Waals surface area contributed by atoms with E-state index in [1.807, 2.05) is 42.5 Å². The van der Waals surface area contributed by atoms with Crippen molar-refractivity contribution in [1.29, 1.82) is 0 Å². The largest absolute Gasteiger partial charge is 0.463 e. The normalized spacial score (nSPS) is 21.3. The molecule has 194 valence electrons. The summed E-state index contributed by atoms with van der Waals surface area (Å²) in [4.78, 5) is 43.9. The van der Waals surface area contributed by atoms with Crippen LogP contribution in [0.4, 0.5) is 0 Å². The van der Waals surface area contributed by atoms with Gasteiger partial charge in [0.2, 0.25) is 0 Å². The number of carbonyl (C=O) groups is 3. The molecule has 0 amide bonds. The summed E-state index contributed by atoms with van der Waals surface area (Å²) in [5, 5.41) is 5.82. The maximum absolute atomic E-state index is 11.9. The number of nitrogens with zero attached hydrogens (tertiary/aromatic N) is 4. The Morgan fingerprint density at radius 3 is 2.46 bits per heavy atom. The number of rotatable bonds is 9. The smallest absolute Gasteiger partial charge is 0.303 e. The Morgan fingerprint density at radius 1 is 1.03 bits per heavy atom. The van der Waals surface area contributed by atoms with E-state index in [2.05, 4.69) is 15.1 Å². The minimum Gasteiger partial charge on any atom is -0.463 e. The van der Waals surface area contributed by atoms with Crippen LogP contribution in [0.25, 0.3) is 17.1 Å². The highest BCUT2D eigenvalue weighted by Crippen LogP contribution is 2.36. The predicted molar refractivity (Wildman–Crippen MR) is 133 cm³/mol. The molecule has 1 aromatic carbocycles. The molecular formula is C25H26N4O7S. The van der Waals surface area contributed by atoms with Crippen LogP contribution in [0, 0.1) is 0 Å². The van der Waals surface area contributed by atoms with Crippen LogP contribution in [0.5, 0.6) is 0 Å². The van der Waals surface area contributed by atoms with E-state index in [1.54, 1.807) is 6.20 Å². The lowest BCUT2D eigenvalue weighted by Gasteiger charge is -2.23. The van der Waals surface area contributed by atoms with Gasteiger partial charge in [0.1, 0.15) is 24.1 Å². The molecule has 2 aromatic heterocycles. The Balaban J connectivity index is 1.59. The summed E-state index contributed by atoms with van der Waals surface area (Å²) in [6, 6.07) is 9.97. The van der Waals surface area contributed by atoms with Crippen molar-refractivity contribution in [2.75, 3.05) is 12.4 Å². The predicted octanol–water partition coefficient (Wildman–Crippen LogP) is 2.96. The topological polar surface area (TPSA) is 132 Å². The van der Waals surface area contributed by atoms with Crippen LogP contribution in [0.2, 0.25) is 0 Å². The molecule has 0 saturated carbocycles. The number of benzene rings is 1. The molecule has 3 heterocycles. The number of esters is 3. The summed E-state index contributed by atoms with van der Waals surface area (Å²) < 4.78 is 23.5. The van der Waals surface area contributed by atoms with Gasteiger partial charge < -0.3 is 18.9 Å². The molecule has 4 unspecified atom stereocenters. The molecule has 4 rings (SSSR count). The molecule has 0 N–H and O–H groups in total. The molecule has 11 nitrogen and oxygen atoms in total. The summed E-state index contributed by atoms with van der Waals surface area (Å²) >= 11 is 1.51. The van der Waals surface area contributed by atoms with Gasteiger partial charge in [0.25, 0.3) is 0 Å². The van der Waals surface area contributed by atoms with Crippen molar-refractivity contribution in [2.24, 2.45) is 0 Å². The second kappa shape index (κ2) is 12.0. The van der Waals surface area contributed by atoms with Crippen LogP contribution >= 0.6 is 11.8 Å². The number of hydrogen-bond acceptors (Lipinski definition) is 11. The second-order valence-corrected chi connectivity index (χ2v) is 9.15. The first-order valence-corrected chi connectivity index (χ1v) is 12.5. The number of carbonyl (C=O) groups excluding carboxylic acids is 3. The summed E-state index contributed by atoms with van der Waals surface area (Å²) in [6.07, 6.45) is 3.14. The van der Waals surface area contributed by atoms with Gasteiger partial charge in [-0.25, -0.2) is 14.6 Å². The van der Waals surface area contributed by atoms with Gasteiger partial charge in [-0.3, -0.25) is 14.4 Å². The number of fused-ring (bicyclic) bond motifs is 1. The van der Waals surface area contributed by atoms with Crippen LogP contribution in [0.3, 0.4) is 0 Å². The van der Waals surface area contributed by atoms with Crippen LogP contribution in [-0.4, -0.2) is 68.3 Å². The molecule has 37 heavy (non-hydrogen) atoms. The summed E-state index contributed by atoms with van der Waals surface area (Å²) in [5.74, 6) is -1.07. The lowest BCUT2D eigenvalue weighted by atomic mass is 10.1. The minimum absolute atomic E-state index is 0.204. The van der Waals surface area contributed by atoms with Gasteiger partial charge >= 0.3 is 17.9 Å². The third-order valence-electron chi connectivity index (χ3n) is 5.36. The van der Waals surface area contributed by atoms with Gasteiger partial charge in [-0.1, -0.05) is 42.5 Å². The average molecular weight is 527 g/mol. The Hall–Kier alpha value is -3.77. The molecule has 1 aliphatic heterocycles. The molecule has 1 saturated heterocycles. The van der Waals surface area contributed by atoms with E-state index in [9.17, 15) is 14.4 Å². The van der Waals surface area contributed by atoms with Crippen LogP contribution in [0.1, 0.15) is 32.6 Å². The Bertz CT molecular complexity index is 1300. The monoisotopic (exact) mass is 526 g/mol. The number of aromatic nitrogens is 4. The molecule has 4 atom stereocenters. The average Bonchev–Trinajstić information content (AvgIpc) is 3.42. The quantitative estimate of drug-likeness (QED) is 0.176. The van der Waals surface area contributed by atoms with E-state index in [0.717, 1.165) is 5.56 Å². The third-order valence-corrected chi connectivity index (χ3v) is 6.32. The van der Waals surface area contributed by atoms with Gasteiger partial charge in [0, 0.05) is 26.5 Å². The van der Waals surface area contributed by atoms with Crippen molar-refractivity contribution in [3.63, 3.8) is 0 Å². The highest BCUT2D eigenvalue weighted by Gasteiger charge is 2.51. The molecule has 0 bridgehead atoms. The highest BCUT2D eigenvalue weighted by molar-refractivity contribution is 7.99. The zero-order valence-electron chi connectivity index (χ0n) is 20.5. The van der Waals surface area contributed by atoms with Gasteiger partial charge in [0.15, 0.2) is 24.1 Å². The Morgan fingerprint density at radius 2 is 1.76 bits per heavy atom. The van der Waals surface area contributed by atoms with Crippen molar-refractivity contribution in [1.82, 2.24) is 19.7 Å². The van der Waals surface area contributed by atoms with Crippen molar-refractivity contribution >= 4 is 46.8 Å². The summed E-state index contributed by atoms with van der Waals surface area (Å²) in [5.41, 5.74) is 1.55. The molecule has 1 fully saturated rings. The van der Waals surface area contributed by atoms with Crippen molar-refractivity contribution in [3.05, 3.63) is 54.5 Å². The van der Waals surface area contributed by atoms with E-state index >= 15 is 0 Å². The summed E-state index contributed by atoms with van der Waals surface area (Å²) in [6.45, 7) is 3.52. The molecule has 1 aliphatic rings. The van der Waals surface area contributed by atoms with E-state index < -0.39 is 42.4 Å². The third kappa shape index (κ3) is 6.52. The molecule has 12 heteroatoms. The Kier molecular flexibility index (Phi) is 8.51. The fraction of sp³-hybridized carbons (Fsp3) is 0.360. The maximum Gasteiger partial charge on any atom is 0.303 e. The van der Waals surface area contributed by atoms with E-state index in [-0.39, 0.29) is 6.61 Å². The zero-order chi connectivity index (χ0) is 26.4. The van der Waals surface area contributed by atoms with Gasteiger partial charge in [0.05, 0.1) is 11.6 Å². The van der Waals surface area contributed by atoms with Crippen molar-refractivity contribution < 1.29 is 33.3 Å². The van der Waals surface area contributed by atoms with Gasteiger partial charge in [-0.2, -0.15) is 5.10 Å². The lowest BCUT2D eigenvalue weighted by Crippen LogP contribution is -2.40. The van der Waals surface area contributed by atoms with Crippen molar-refractivity contribution in [2.45, 2.75) is 50.3 Å². The van der Waals surface area contributed by atoms with Crippen LogP contribution in [0.15, 0.2) is 54.0 Å². The standard InChI is InChI=1S/C25H26N4O7S/c1-15(30)33-13-20-21(34-16(2)31)22(35-17(3)32)25(36-20)29-23-19(12-28-29)24(27-14-26-23)37-11-7-10-18-8-5-4-6-9-18/h4-10,12,14,20-22,25H,11,13H2,1-3H3/b10-7+. The van der Waals surface area contributed by atoms with Crippen LogP contribution < -0.4 is 0 Å². The van der Waals surface area contributed by atoms with E-state index in [0.29, 0.717) is 21.8 Å². The highest BCUT2D eigenvalue weighted by atomic mass is 32.2. The maximum atomic E-state index is 11.9. The number of ether oxygens (including phenoxy) is 4. The molecule has 3 aromatic rings. The van der Waals surface area contributed by atoms with E-state index in [4.69, 9.17) is 18.9 Å². The zero-order valence-corrected chi connectivity index (χ0v) is 21.3. The molecule has 0 radical (unpaired) electrons. The van der Waals surface area contributed by atoms with Gasteiger partial charge in [-0.15, -0.1) is 11.8 Å². The second-order valence-electron chi connectivity index (χ2n) is 8.15. The molecule has 0 spiro atoms. The summed E-state index contributed by atoms with van der Waals surface area (Å²) in [7, 11) is 0. The SMILES string of the molecule is CC(=O)OCC1OC(n2ncc3c(SC/C=C/c4ccccc4)ncnc32)C(OC(C)=O)C1OC(C)=O.